The maximum Gasteiger partial charge on any atom is 0.267 e. The van der Waals surface area contributed by atoms with E-state index in [1.54, 1.807) is 0 Å². The minimum atomic E-state index is -1.23. The van der Waals surface area contributed by atoms with Gasteiger partial charge in [0.25, 0.3) is 5.56 Å². The summed E-state index contributed by atoms with van der Waals surface area (Å²) in [6.45, 7) is 13.0. The third kappa shape index (κ3) is 6.49. The summed E-state index contributed by atoms with van der Waals surface area (Å²) < 4.78 is 1.41. The molecule has 0 fully saturated rings. The lowest BCUT2D eigenvalue weighted by atomic mass is 10.2. The van der Waals surface area contributed by atoms with Gasteiger partial charge in [-0.3, -0.25) is 4.79 Å². The van der Waals surface area contributed by atoms with Crippen molar-refractivity contribution in [3.63, 3.8) is 0 Å². The SMILES string of the molecule is C=c1[nH]c(=O)c(=C2C=CN(CCCCN(C[Si](C)(C)C)c3ccc(Cl)cc3)C=C2)s1. The Bertz CT molecular complexity index is 1060. The van der Waals surface area contributed by atoms with Crippen LogP contribution in [0.4, 0.5) is 5.69 Å². The zero-order valence-corrected chi connectivity index (χ0v) is 20.5. The molecule has 0 saturated carbocycles. The Morgan fingerprint density at radius 1 is 1.13 bits per heavy atom. The van der Waals surface area contributed by atoms with Crippen molar-refractivity contribution in [3.8, 4) is 0 Å². The molecule has 0 atom stereocenters. The number of unbranched alkanes of at least 4 members (excludes halogenated alkanes) is 1. The number of rotatable bonds is 8. The minimum Gasteiger partial charge on any atom is -0.374 e. The maximum atomic E-state index is 11.9. The second-order valence-corrected chi connectivity index (χ2v) is 15.8. The van der Waals surface area contributed by atoms with E-state index >= 15 is 0 Å². The number of hydrogen-bond donors (Lipinski definition) is 1. The van der Waals surface area contributed by atoms with Crippen molar-refractivity contribution in [3.05, 3.63) is 73.4 Å². The maximum absolute atomic E-state index is 11.9. The molecule has 1 aliphatic heterocycles. The van der Waals surface area contributed by atoms with Crippen LogP contribution in [0, 0.1) is 0 Å². The predicted octanol–water partition coefficient (Wildman–Crippen LogP) is 4.16. The highest BCUT2D eigenvalue weighted by atomic mass is 35.5. The van der Waals surface area contributed by atoms with Crippen molar-refractivity contribution < 1.29 is 0 Å². The van der Waals surface area contributed by atoms with Crippen LogP contribution >= 0.6 is 22.9 Å². The first kappa shape index (κ1) is 22.7. The van der Waals surface area contributed by atoms with Gasteiger partial charge in [-0.15, -0.1) is 11.3 Å². The smallest absolute Gasteiger partial charge is 0.267 e. The van der Waals surface area contributed by atoms with Gasteiger partial charge in [0.2, 0.25) is 0 Å². The lowest BCUT2D eigenvalue weighted by Crippen LogP contribution is -2.41. The van der Waals surface area contributed by atoms with Gasteiger partial charge in [-0.25, -0.2) is 0 Å². The highest BCUT2D eigenvalue weighted by molar-refractivity contribution is 7.07. The Balaban J connectivity index is 1.55. The number of halogens is 1. The van der Waals surface area contributed by atoms with E-state index in [9.17, 15) is 4.79 Å². The Morgan fingerprint density at radius 2 is 1.80 bits per heavy atom. The van der Waals surface area contributed by atoms with Gasteiger partial charge in [-0.2, -0.15) is 0 Å². The zero-order valence-electron chi connectivity index (χ0n) is 18.0. The molecule has 0 amide bonds. The topological polar surface area (TPSA) is 39.3 Å². The second-order valence-electron chi connectivity index (χ2n) is 8.80. The molecule has 0 spiro atoms. The summed E-state index contributed by atoms with van der Waals surface area (Å²) in [6, 6.07) is 8.20. The number of thiazole rings is 1. The van der Waals surface area contributed by atoms with Crippen LogP contribution in [0.2, 0.25) is 24.7 Å². The zero-order chi connectivity index (χ0) is 21.7. The number of aromatic nitrogens is 1. The van der Waals surface area contributed by atoms with Gasteiger partial charge in [0, 0.05) is 47.9 Å². The summed E-state index contributed by atoms with van der Waals surface area (Å²) in [4.78, 5) is 19.4. The van der Waals surface area contributed by atoms with Crippen LogP contribution in [0.3, 0.4) is 0 Å². The van der Waals surface area contributed by atoms with E-state index in [1.807, 2.05) is 24.3 Å². The first-order chi connectivity index (χ1) is 14.2. The van der Waals surface area contributed by atoms with Crippen molar-refractivity contribution in [1.29, 1.82) is 0 Å². The fourth-order valence-corrected chi connectivity index (χ4v) is 5.85. The summed E-state index contributed by atoms with van der Waals surface area (Å²) in [6.07, 6.45) is 11.5. The predicted molar refractivity (Wildman–Crippen MR) is 134 cm³/mol. The number of H-pyrrole nitrogens is 1. The Morgan fingerprint density at radius 3 is 2.37 bits per heavy atom. The van der Waals surface area contributed by atoms with Gasteiger partial charge in [-0.1, -0.05) is 37.8 Å². The molecule has 0 saturated heterocycles. The number of hydrogen-bond acceptors (Lipinski definition) is 4. The molecule has 1 N–H and O–H groups in total. The highest BCUT2D eigenvalue weighted by Gasteiger charge is 2.18. The molecular formula is C23H30ClN3OSSi. The third-order valence-corrected chi connectivity index (χ3v) is 7.35. The van der Waals surface area contributed by atoms with Crippen LogP contribution in [-0.4, -0.2) is 37.2 Å². The summed E-state index contributed by atoms with van der Waals surface area (Å²) in [5.41, 5.74) is 2.13. The van der Waals surface area contributed by atoms with Crippen molar-refractivity contribution in [2.24, 2.45) is 0 Å². The van der Waals surface area contributed by atoms with E-state index in [4.69, 9.17) is 11.6 Å². The van der Waals surface area contributed by atoms with E-state index in [1.165, 1.54) is 17.0 Å². The highest BCUT2D eigenvalue weighted by Crippen LogP contribution is 2.21. The van der Waals surface area contributed by atoms with E-state index in [2.05, 4.69) is 65.5 Å². The minimum absolute atomic E-state index is 0.0626. The number of aromatic amines is 1. The van der Waals surface area contributed by atoms with Gasteiger partial charge >= 0.3 is 0 Å². The second kappa shape index (κ2) is 9.86. The lowest BCUT2D eigenvalue weighted by Gasteiger charge is -2.31. The number of anilines is 1. The van der Waals surface area contributed by atoms with Crippen LogP contribution in [-0.2, 0) is 0 Å². The van der Waals surface area contributed by atoms with Gasteiger partial charge in [0.05, 0.1) is 12.7 Å². The Kier molecular flexibility index (Phi) is 7.44. The number of nitrogens with zero attached hydrogens (tertiary/aromatic N) is 2. The van der Waals surface area contributed by atoms with Gasteiger partial charge in [-0.05, 0) is 49.3 Å². The van der Waals surface area contributed by atoms with Crippen molar-refractivity contribution in [2.75, 3.05) is 24.2 Å². The molecule has 0 bridgehead atoms. The molecular weight excluding hydrogens is 430 g/mol. The van der Waals surface area contributed by atoms with E-state index < -0.39 is 8.07 Å². The van der Waals surface area contributed by atoms with Crippen LogP contribution in [0.15, 0.2) is 53.6 Å². The summed E-state index contributed by atoms with van der Waals surface area (Å²) in [5, 5.41) is 0.780. The molecule has 0 radical (unpaired) electrons. The molecule has 30 heavy (non-hydrogen) atoms. The van der Waals surface area contributed by atoms with Crippen LogP contribution in [0.5, 0.6) is 0 Å². The molecule has 160 valence electrons. The van der Waals surface area contributed by atoms with E-state index in [0.717, 1.165) is 47.2 Å². The molecule has 1 aliphatic rings. The third-order valence-electron chi connectivity index (χ3n) is 4.79. The molecule has 0 unspecified atom stereocenters. The molecule has 2 aromatic rings. The lowest BCUT2D eigenvalue weighted by molar-refractivity contribution is 0.476. The van der Waals surface area contributed by atoms with Gasteiger partial charge < -0.3 is 14.8 Å². The standard InChI is InChI=1S/C23H30ClN3OSSi/c1-18-25-23(28)22(29-18)19-11-15-26(16-12-19)13-5-6-14-27(17-30(2,3)4)21-9-7-20(24)8-10-21/h7-12,15-16H,1,5-6,13-14,17H2,2-4H3,(H,25,28). The van der Waals surface area contributed by atoms with Crippen LogP contribution in [0.25, 0.3) is 12.2 Å². The quantitative estimate of drug-likeness (QED) is 0.476. The normalized spacial score (nSPS) is 13.9. The molecule has 3 rings (SSSR count). The summed E-state index contributed by atoms with van der Waals surface area (Å²) in [7, 11) is -1.23. The summed E-state index contributed by atoms with van der Waals surface area (Å²) >= 11 is 7.47. The Labute approximate surface area is 188 Å². The first-order valence-electron chi connectivity index (χ1n) is 10.3. The largest absolute Gasteiger partial charge is 0.374 e. The van der Waals surface area contributed by atoms with Crippen LogP contribution in [0.1, 0.15) is 12.8 Å². The van der Waals surface area contributed by atoms with Gasteiger partial charge in [0.15, 0.2) is 0 Å². The monoisotopic (exact) mass is 459 g/mol. The van der Waals surface area contributed by atoms with E-state index in [0.29, 0.717) is 4.66 Å². The molecule has 2 heterocycles. The average molecular weight is 460 g/mol. The number of benzene rings is 1. The number of nitrogens with one attached hydrogen (secondary N) is 1. The van der Waals surface area contributed by atoms with Gasteiger partial charge in [0.1, 0.15) is 4.53 Å². The molecule has 0 aliphatic carbocycles. The van der Waals surface area contributed by atoms with Crippen molar-refractivity contribution in [2.45, 2.75) is 32.5 Å². The average Bonchev–Trinajstić information content (AvgIpc) is 3.02. The first-order valence-corrected chi connectivity index (χ1v) is 15.2. The molecule has 1 aromatic heterocycles. The Hall–Kier alpha value is -2.02. The molecule has 1 aromatic carbocycles. The number of allylic oxidation sites excluding steroid dienone is 2. The van der Waals surface area contributed by atoms with Crippen molar-refractivity contribution >= 4 is 48.9 Å². The fraction of sp³-hybridized carbons (Fsp3) is 0.348. The fourth-order valence-electron chi connectivity index (χ4n) is 3.45. The van der Waals surface area contributed by atoms with E-state index in [-0.39, 0.29) is 5.56 Å². The molecule has 4 nitrogen and oxygen atoms in total. The summed E-state index contributed by atoms with van der Waals surface area (Å²) in [5.74, 6) is 0. The molecule has 7 heteroatoms. The van der Waals surface area contributed by atoms with Crippen LogP contribution < -0.4 is 19.7 Å². The van der Waals surface area contributed by atoms with Crippen molar-refractivity contribution in [1.82, 2.24) is 9.88 Å².